The number of nitrogens with two attached hydrogens (primary N) is 1. The lowest BCUT2D eigenvalue weighted by Crippen LogP contribution is -2.22. The number of rotatable bonds is 5. The van der Waals surface area contributed by atoms with Gasteiger partial charge >= 0.3 is 0 Å². The number of benzene rings is 2. The third-order valence-corrected chi connectivity index (χ3v) is 3.39. The minimum Gasteiger partial charge on any atom is -0.326 e. The number of amides is 3. The van der Waals surface area contributed by atoms with Crippen LogP contribution in [0.25, 0.3) is 0 Å². The van der Waals surface area contributed by atoms with Crippen molar-refractivity contribution in [3.63, 3.8) is 0 Å². The molecular formula is C18H20N4O3. The standard InChI is InChI=1S/C18H20N4O3/c1-11-8-15(21-17(24)10-19)6-7-16(11)22-18(25)13-4-3-5-14(9-13)20-12(2)23/h3-9H,10,19H2,1-2H3,(H,20,23)(H,21,24)(H,22,25). The zero-order chi connectivity index (χ0) is 18.4. The van der Waals surface area contributed by atoms with Gasteiger partial charge in [0.25, 0.3) is 5.91 Å². The van der Waals surface area contributed by atoms with Gasteiger partial charge in [-0.2, -0.15) is 0 Å². The highest BCUT2D eigenvalue weighted by Gasteiger charge is 2.10. The molecule has 0 aliphatic carbocycles. The van der Waals surface area contributed by atoms with Crippen molar-refractivity contribution < 1.29 is 14.4 Å². The van der Waals surface area contributed by atoms with Crippen molar-refractivity contribution in [1.82, 2.24) is 0 Å². The fourth-order valence-electron chi connectivity index (χ4n) is 2.23. The van der Waals surface area contributed by atoms with Crippen molar-refractivity contribution in [2.75, 3.05) is 22.5 Å². The maximum absolute atomic E-state index is 12.4. The predicted molar refractivity (Wildman–Crippen MR) is 97.6 cm³/mol. The van der Waals surface area contributed by atoms with Crippen LogP contribution in [0.1, 0.15) is 22.8 Å². The summed E-state index contributed by atoms with van der Waals surface area (Å²) < 4.78 is 0. The summed E-state index contributed by atoms with van der Waals surface area (Å²) in [6.45, 7) is 3.13. The first kappa shape index (κ1) is 18.2. The molecular weight excluding hydrogens is 320 g/mol. The largest absolute Gasteiger partial charge is 0.326 e. The van der Waals surface area contributed by atoms with Crippen LogP contribution in [0.4, 0.5) is 17.1 Å². The molecule has 25 heavy (non-hydrogen) atoms. The Morgan fingerprint density at radius 2 is 1.68 bits per heavy atom. The molecule has 0 aliphatic heterocycles. The van der Waals surface area contributed by atoms with Crippen LogP contribution in [-0.2, 0) is 9.59 Å². The molecule has 0 spiro atoms. The Hall–Kier alpha value is -3.19. The van der Waals surface area contributed by atoms with E-state index in [9.17, 15) is 14.4 Å². The average molecular weight is 340 g/mol. The summed E-state index contributed by atoms with van der Waals surface area (Å²) in [5.41, 5.74) is 8.27. The van der Waals surface area contributed by atoms with Gasteiger partial charge in [0, 0.05) is 29.5 Å². The molecule has 0 bridgehead atoms. The summed E-state index contributed by atoms with van der Waals surface area (Å²) in [4.78, 5) is 34.8. The molecule has 130 valence electrons. The average Bonchev–Trinajstić information content (AvgIpc) is 2.56. The van der Waals surface area contributed by atoms with Gasteiger partial charge in [-0.05, 0) is 48.9 Å². The molecule has 2 rings (SSSR count). The maximum Gasteiger partial charge on any atom is 0.255 e. The zero-order valence-electron chi connectivity index (χ0n) is 14.1. The molecule has 0 aliphatic rings. The van der Waals surface area contributed by atoms with Crippen molar-refractivity contribution >= 4 is 34.8 Å². The molecule has 3 amide bonds. The van der Waals surface area contributed by atoms with E-state index in [1.807, 2.05) is 6.92 Å². The van der Waals surface area contributed by atoms with Crippen molar-refractivity contribution in [2.45, 2.75) is 13.8 Å². The summed E-state index contributed by atoms with van der Waals surface area (Å²) in [6, 6.07) is 11.8. The number of aryl methyl sites for hydroxylation is 1. The Kier molecular flexibility index (Phi) is 5.86. The van der Waals surface area contributed by atoms with E-state index in [1.165, 1.54) is 6.92 Å². The van der Waals surface area contributed by atoms with E-state index < -0.39 is 0 Å². The predicted octanol–water partition coefficient (Wildman–Crippen LogP) is 2.10. The van der Waals surface area contributed by atoms with Crippen LogP contribution in [0.15, 0.2) is 42.5 Å². The number of nitrogens with one attached hydrogen (secondary N) is 3. The van der Waals surface area contributed by atoms with Gasteiger partial charge < -0.3 is 21.7 Å². The maximum atomic E-state index is 12.4. The molecule has 7 nitrogen and oxygen atoms in total. The minimum atomic E-state index is -0.297. The number of hydrogen-bond acceptors (Lipinski definition) is 4. The lowest BCUT2D eigenvalue weighted by Gasteiger charge is -2.11. The van der Waals surface area contributed by atoms with Gasteiger partial charge in [0.05, 0.1) is 6.54 Å². The van der Waals surface area contributed by atoms with Gasteiger partial charge in [0.15, 0.2) is 0 Å². The molecule has 0 saturated carbocycles. The molecule has 0 unspecified atom stereocenters. The lowest BCUT2D eigenvalue weighted by atomic mass is 10.1. The van der Waals surface area contributed by atoms with Gasteiger partial charge in [0.1, 0.15) is 0 Å². The van der Waals surface area contributed by atoms with E-state index in [-0.39, 0.29) is 24.3 Å². The third-order valence-electron chi connectivity index (χ3n) is 3.39. The second-order valence-electron chi connectivity index (χ2n) is 5.50. The fourth-order valence-corrected chi connectivity index (χ4v) is 2.23. The van der Waals surface area contributed by atoms with E-state index >= 15 is 0 Å². The quantitative estimate of drug-likeness (QED) is 0.667. The number of hydrogen-bond donors (Lipinski definition) is 4. The van der Waals surface area contributed by atoms with Crippen LogP contribution in [0, 0.1) is 6.92 Å². The van der Waals surface area contributed by atoms with E-state index in [0.717, 1.165) is 5.56 Å². The van der Waals surface area contributed by atoms with Crippen LogP contribution in [0.3, 0.4) is 0 Å². The van der Waals surface area contributed by atoms with E-state index in [1.54, 1.807) is 42.5 Å². The molecule has 2 aromatic rings. The number of carbonyl (C=O) groups excluding carboxylic acids is 3. The van der Waals surface area contributed by atoms with Crippen LogP contribution in [0.2, 0.25) is 0 Å². The highest BCUT2D eigenvalue weighted by molar-refractivity contribution is 6.05. The fraction of sp³-hybridized carbons (Fsp3) is 0.167. The normalized spacial score (nSPS) is 10.0. The smallest absolute Gasteiger partial charge is 0.255 e. The highest BCUT2D eigenvalue weighted by atomic mass is 16.2. The number of carbonyl (C=O) groups is 3. The van der Waals surface area contributed by atoms with E-state index in [4.69, 9.17) is 5.73 Å². The Morgan fingerprint density at radius 1 is 0.960 bits per heavy atom. The third kappa shape index (κ3) is 5.15. The molecule has 0 saturated heterocycles. The van der Waals surface area contributed by atoms with Crippen molar-refractivity contribution in [3.8, 4) is 0 Å². The molecule has 0 fully saturated rings. The topological polar surface area (TPSA) is 113 Å². The van der Waals surface area contributed by atoms with Crippen LogP contribution in [0.5, 0.6) is 0 Å². The Labute approximate surface area is 145 Å². The van der Waals surface area contributed by atoms with Gasteiger partial charge in [0.2, 0.25) is 11.8 Å². The summed E-state index contributed by atoms with van der Waals surface area (Å²) in [6.07, 6.45) is 0. The van der Waals surface area contributed by atoms with Crippen molar-refractivity contribution in [3.05, 3.63) is 53.6 Å². The Bertz CT molecular complexity index is 818. The van der Waals surface area contributed by atoms with Crippen molar-refractivity contribution in [1.29, 1.82) is 0 Å². The van der Waals surface area contributed by atoms with Crippen molar-refractivity contribution in [2.24, 2.45) is 5.73 Å². The van der Waals surface area contributed by atoms with Crippen LogP contribution >= 0.6 is 0 Å². The molecule has 0 heterocycles. The molecule has 0 aromatic heterocycles. The Balaban J connectivity index is 2.12. The first-order chi connectivity index (χ1) is 11.9. The minimum absolute atomic E-state index is 0.0951. The van der Waals surface area contributed by atoms with E-state index in [2.05, 4.69) is 16.0 Å². The SMILES string of the molecule is CC(=O)Nc1cccc(C(=O)Nc2ccc(NC(=O)CN)cc2C)c1. The lowest BCUT2D eigenvalue weighted by molar-refractivity contribution is -0.115. The summed E-state index contributed by atoms with van der Waals surface area (Å²) in [7, 11) is 0. The summed E-state index contributed by atoms with van der Waals surface area (Å²) in [5.74, 6) is -0.788. The monoisotopic (exact) mass is 340 g/mol. The molecule has 0 radical (unpaired) electrons. The first-order valence-electron chi connectivity index (χ1n) is 7.68. The molecule has 7 heteroatoms. The van der Waals surface area contributed by atoms with Gasteiger partial charge in [-0.25, -0.2) is 0 Å². The Morgan fingerprint density at radius 3 is 2.32 bits per heavy atom. The van der Waals surface area contributed by atoms with Gasteiger partial charge in [-0.3, -0.25) is 14.4 Å². The molecule has 5 N–H and O–H groups in total. The summed E-state index contributed by atoms with van der Waals surface area (Å²) in [5, 5.41) is 8.10. The molecule has 2 aromatic carbocycles. The van der Waals surface area contributed by atoms with E-state index in [0.29, 0.717) is 22.6 Å². The van der Waals surface area contributed by atoms with Crippen LogP contribution < -0.4 is 21.7 Å². The van der Waals surface area contributed by atoms with Crippen LogP contribution in [-0.4, -0.2) is 24.3 Å². The molecule has 0 atom stereocenters. The second kappa shape index (κ2) is 8.07. The van der Waals surface area contributed by atoms with Gasteiger partial charge in [-0.1, -0.05) is 6.07 Å². The summed E-state index contributed by atoms with van der Waals surface area (Å²) >= 11 is 0. The first-order valence-corrected chi connectivity index (χ1v) is 7.68. The van der Waals surface area contributed by atoms with Gasteiger partial charge in [-0.15, -0.1) is 0 Å². The highest BCUT2D eigenvalue weighted by Crippen LogP contribution is 2.21. The number of anilines is 3. The second-order valence-corrected chi connectivity index (χ2v) is 5.50. The zero-order valence-corrected chi connectivity index (χ0v) is 14.1.